The van der Waals surface area contributed by atoms with Crippen LogP contribution in [0.25, 0.3) is 11.1 Å². The third kappa shape index (κ3) is 4.26. The molecule has 0 spiro atoms. The zero-order valence-corrected chi connectivity index (χ0v) is 17.3. The van der Waals surface area contributed by atoms with Crippen molar-refractivity contribution in [2.75, 3.05) is 6.26 Å². The minimum Gasteiger partial charge on any atom is -0.408 e. The van der Waals surface area contributed by atoms with Gasteiger partial charge in [0, 0.05) is 18.4 Å². The highest BCUT2D eigenvalue weighted by atomic mass is 32.2. The number of fused-ring (bicyclic) bond motifs is 1. The third-order valence-electron chi connectivity index (χ3n) is 5.25. The Morgan fingerprint density at radius 3 is 2.70 bits per heavy atom. The van der Waals surface area contributed by atoms with Crippen molar-refractivity contribution < 1.29 is 22.8 Å². The minimum absolute atomic E-state index is 0.113. The zero-order chi connectivity index (χ0) is 22.2. The van der Waals surface area contributed by atoms with E-state index in [0.29, 0.717) is 11.1 Å². The predicted octanol–water partition coefficient (Wildman–Crippen LogP) is 0.140. The standard InChI is InChI=1S/C20H21N3O6S/c1-19(17(24)22-26,30(2,27)28)11-12-23-15-7-6-14(13-16(15)29-18(23)25)5-3-4-8-20(21)9-10-20/h6-7,13,26H,9-12,21H2,1-2H3,(H,22,24)/t19-/m1/s1. The Labute approximate surface area is 173 Å². The largest absolute Gasteiger partial charge is 0.419 e. The highest BCUT2D eigenvalue weighted by molar-refractivity contribution is 7.92. The molecule has 158 valence electrons. The molecule has 0 bridgehead atoms. The first-order valence-corrected chi connectivity index (χ1v) is 11.0. The highest BCUT2D eigenvalue weighted by Crippen LogP contribution is 2.30. The second kappa shape index (κ2) is 7.65. The molecule has 0 aliphatic heterocycles. The maximum absolute atomic E-state index is 12.3. The van der Waals surface area contributed by atoms with Crippen LogP contribution < -0.4 is 17.0 Å². The molecule has 0 unspecified atom stereocenters. The molecule has 1 saturated carbocycles. The van der Waals surface area contributed by atoms with Crippen LogP contribution in [0.5, 0.6) is 0 Å². The normalized spacial score (nSPS) is 16.5. The Morgan fingerprint density at radius 2 is 2.10 bits per heavy atom. The number of aryl methyl sites for hydroxylation is 1. The molecule has 1 aromatic carbocycles. The smallest absolute Gasteiger partial charge is 0.408 e. The Kier molecular flexibility index (Phi) is 5.52. The third-order valence-corrected chi connectivity index (χ3v) is 7.28. The lowest BCUT2D eigenvalue weighted by Crippen LogP contribution is -2.49. The molecule has 1 heterocycles. The van der Waals surface area contributed by atoms with Crippen molar-refractivity contribution in [1.82, 2.24) is 10.0 Å². The van der Waals surface area contributed by atoms with Gasteiger partial charge in [0.05, 0.1) is 11.1 Å². The number of amides is 1. The number of aromatic nitrogens is 1. The first-order valence-electron chi connectivity index (χ1n) is 9.09. The summed E-state index contributed by atoms with van der Waals surface area (Å²) in [5, 5.41) is 8.90. The second-order valence-electron chi connectivity index (χ2n) is 7.55. The van der Waals surface area contributed by atoms with E-state index in [9.17, 15) is 18.0 Å². The number of nitrogens with zero attached hydrogens (tertiary/aromatic N) is 1. The number of hydroxylamine groups is 1. The van der Waals surface area contributed by atoms with E-state index in [2.05, 4.69) is 23.7 Å². The minimum atomic E-state index is -3.88. The Hall–Kier alpha value is -3.05. The molecule has 30 heavy (non-hydrogen) atoms. The molecular formula is C20H21N3O6S. The summed E-state index contributed by atoms with van der Waals surface area (Å²) < 4.78 is 28.7. The van der Waals surface area contributed by atoms with E-state index in [1.165, 1.54) is 17.0 Å². The topological polar surface area (TPSA) is 145 Å². The van der Waals surface area contributed by atoms with Crippen LogP contribution in [0.15, 0.2) is 27.4 Å². The molecule has 1 aliphatic carbocycles. The van der Waals surface area contributed by atoms with Gasteiger partial charge in [-0.1, -0.05) is 11.8 Å². The van der Waals surface area contributed by atoms with E-state index in [4.69, 9.17) is 15.4 Å². The molecule has 1 atom stereocenters. The van der Waals surface area contributed by atoms with Crippen molar-refractivity contribution in [3.05, 3.63) is 34.3 Å². The number of rotatable bonds is 5. The van der Waals surface area contributed by atoms with Crippen LogP contribution in [-0.4, -0.2) is 40.6 Å². The molecule has 9 nitrogen and oxygen atoms in total. The van der Waals surface area contributed by atoms with Crippen LogP contribution in [0.4, 0.5) is 0 Å². The fourth-order valence-electron chi connectivity index (χ4n) is 2.79. The number of oxazole rings is 1. The summed E-state index contributed by atoms with van der Waals surface area (Å²) in [4.78, 5) is 24.2. The summed E-state index contributed by atoms with van der Waals surface area (Å²) in [7, 11) is -3.88. The zero-order valence-electron chi connectivity index (χ0n) is 16.5. The van der Waals surface area contributed by atoms with Crippen LogP contribution in [0.2, 0.25) is 0 Å². The van der Waals surface area contributed by atoms with Crippen LogP contribution in [0.3, 0.4) is 0 Å². The van der Waals surface area contributed by atoms with Gasteiger partial charge < -0.3 is 10.2 Å². The number of carbonyl (C=O) groups is 1. The van der Waals surface area contributed by atoms with Crippen molar-refractivity contribution in [2.24, 2.45) is 5.73 Å². The van der Waals surface area contributed by atoms with Crippen molar-refractivity contribution in [3.63, 3.8) is 0 Å². The van der Waals surface area contributed by atoms with Gasteiger partial charge >= 0.3 is 5.76 Å². The van der Waals surface area contributed by atoms with Crippen LogP contribution in [0, 0.1) is 23.7 Å². The highest BCUT2D eigenvalue weighted by Gasteiger charge is 2.43. The first kappa shape index (κ1) is 21.7. The van der Waals surface area contributed by atoms with Gasteiger partial charge in [0.1, 0.15) is 0 Å². The van der Waals surface area contributed by atoms with Crippen LogP contribution in [0.1, 0.15) is 31.7 Å². The molecule has 0 saturated heterocycles. The molecule has 1 amide bonds. The van der Waals surface area contributed by atoms with E-state index < -0.39 is 31.8 Å². The lowest BCUT2D eigenvalue weighted by molar-refractivity contribution is -0.131. The lowest BCUT2D eigenvalue weighted by Gasteiger charge is -2.24. The maximum atomic E-state index is 12.3. The summed E-state index contributed by atoms with van der Waals surface area (Å²) in [5.41, 5.74) is 8.11. The fraction of sp³-hybridized carbons (Fsp3) is 0.400. The van der Waals surface area contributed by atoms with Crippen LogP contribution >= 0.6 is 0 Å². The van der Waals surface area contributed by atoms with Crippen LogP contribution in [-0.2, 0) is 21.2 Å². The average molecular weight is 431 g/mol. The summed E-state index contributed by atoms with van der Waals surface area (Å²) in [6.07, 6.45) is 2.38. The van der Waals surface area contributed by atoms with Crippen molar-refractivity contribution in [1.29, 1.82) is 0 Å². The molecule has 4 N–H and O–H groups in total. The van der Waals surface area contributed by atoms with Gasteiger partial charge in [-0.05, 0) is 56.2 Å². The van der Waals surface area contributed by atoms with Gasteiger partial charge in [0.15, 0.2) is 20.2 Å². The SMILES string of the molecule is C[C@@](CCn1c(=O)oc2cc(C#CC#CC3(N)CC3)ccc21)(C(=O)NO)S(C)(=O)=O. The van der Waals surface area contributed by atoms with E-state index in [0.717, 1.165) is 19.1 Å². The monoisotopic (exact) mass is 431 g/mol. The molecule has 2 aromatic rings. The maximum Gasteiger partial charge on any atom is 0.419 e. The van der Waals surface area contributed by atoms with E-state index in [1.54, 1.807) is 18.2 Å². The molecule has 10 heteroatoms. The molecule has 0 radical (unpaired) electrons. The lowest BCUT2D eigenvalue weighted by atomic mass is 10.1. The molecule has 3 rings (SSSR count). The Bertz CT molecular complexity index is 1300. The number of hydrogen-bond acceptors (Lipinski definition) is 7. The fourth-order valence-corrected chi connectivity index (χ4v) is 3.63. The van der Waals surface area contributed by atoms with E-state index >= 15 is 0 Å². The van der Waals surface area contributed by atoms with E-state index in [1.807, 2.05) is 0 Å². The predicted molar refractivity (Wildman–Crippen MR) is 109 cm³/mol. The molecular weight excluding hydrogens is 410 g/mol. The van der Waals surface area contributed by atoms with Gasteiger partial charge in [0.25, 0.3) is 5.91 Å². The number of benzene rings is 1. The van der Waals surface area contributed by atoms with Crippen molar-refractivity contribution >= 4 is 26.8 Å². The summed E-state index contributed by atoms with van der Waals surface area (Å²) in [6.45, 7) is 1.07. The van der Waals surface area contributed by atoms with Gasteiger partial charge in [-0.3, -0.25) is 14.6 Å². The number of carbonyl (C=O) groups excluding carboxylic acids is 1. The average Bonchev–Trinajstić information content (AvgIpc) is 3.33. The summed E-state index contributed by atoms with van der Waals surface area (Å²) >= 11 is 0. The quantitative estimate of drug-likeness (QED) is 0.347. The molecule has 1 aromatic heterocycles. The number of sulfone groups is 1. The Morgan fingerprint density at radius 1 is 1.40 bits per heavy atom. The molecule has 1 fully saturated rings. The number of hydrogen-bond donors (Lipinski definition) is 3. The summed E-state index contributed by atoms with van der Waals surface area (Å²) in [6, 6.07) is 4.87. The second-order valence-corrected chi connectivity index (χ2v) is 10.00. The van der Waals surface area contributed by atoms with Gasteiger partial charge in [-0.15, -0.1) is 0 Å². The number of nitrogens with two attached hydrogens (primary N) is 1. The number of nitrogens with one attached hydrogen (secondary N) is 1. The van der Waals surface area contributed by atoms with Gasteiger partial charge in [-0.2, -0.15) is 0 Å². The Balaban J connectivity index is 1.86. The van der Waals surface area contributed by atoms with Gasteiger partial charge in [-0.25, -0.2) is 18.7 Å². The summed E-state index contributed by atoms with van der Waals surface area (Å²) in [5.74, 6) is 9.40. The molecule has 1 aliphatic rings. The van der Waals surface area contributed by atoms with Gasteiger partial charge in [0.2, 0.25) is 0 Å². The van der Waals surface area contributed by atoms with Crippen molar-refractivity contribution in [3.8, 4) is 23.7 Å². The first-order chi connectivity index (χ1) is 14.0. The van der Waals surface area contributed by atoms with Crippen molar-refractivity contribution in [2.45, 2.75) is 43.0 Å². The van der Waals surface area contributed by atoms with E-state index in [-0.39, 0.29) is 18.5 Å².